The number of carbonyl (C=O) groups is 1. The van der Waals surface area contributed by atoms with E-state index in [4.69, 9.17) is 16.3 Å². The highest BCUT2D eigenvalue weighted by Crippen LogP contribution is 2.24. The molecule has 4 nitrogen and oxygen atoms in total. The lowest BCUT2D eigenvalue weighted by molar-refractivity contribution is 0.0905. The molecule has 1 aliphatic heterocycles. The maximum absolute atomic E-state index is 12.3. The van der Waals surface area contributed by atoms with E-state index < -0.39 is 0 Å². The number of piperidine rings is 1. The third-order valence-corrected chi connectivity index (χ3v) is 5.49. The molecule has 2 aromatic carbocycles. The third kappa shape index (κ3) is 5.47. The van der Waals surface area contributed by atoms with Crippen LogP contribution in [0.1, 0.15) is 34.3 Å². The Morgan fingerprint density at radius 2 is 1.89 bits per heavy atom. The molecule has 0 aromatic heterocycles. The van der Waals surface area contributed by atoms with E-state index in [2.05, 4.69) is 10.2 Å². The number of aryl methyl sites for hydroxylation is 2. The Hall–Kier alpha value is -2.04. The van der Waals surface area contributed by atoms with Gasteiger partial charge in [-0.25, -0.2) is 0 Å². The highest BCUT2D eigenvalue weighted by molar-refractivity contribution is 6.31. The van der Waals surface area contributed by atoms with Gasteiger partial charge in [0.2, 0.25) is 0 Å². The minimum Gasteiger partial charge on any atom is -0.490 e. The predicted molar refractivity (Wildman–Crippen MR) is 110 cm³/mol. The lowest BCUT2D eigenvalue weighted by Crippen LogP contribution is -2.42. The van der Waals surface area contributed by atoms with Crippen molar-refractivity contribution >= 4 is 17.5 Å². The standard InChI is InChI=1S/C22H27ClN2O2/c1-16-5-3-4-6-20(16)22(26)24-11-14-25-12-9-18(10-13-25)27-19-8-7-17(2)21(23)15-19/h3-8,15,18H,9-14H2,1-2H3,(H,24,26). The van der Waals surface area contributed by atoms with Gasteiger partial charge in [0, 0.05) is 36.8 Å². The average molecular weight is 387 g/mol. The van der Waals surface area contributed by atoms with E-state index in [9.17, 15) is 4.79 Å². The molecule has 0 aliphatic carbocycles. The lowest BCUT2D eigenvalue weighted by Gasteiger charge is -2.32. The fourth-order valence-corrected chi connectivity index (χ4v) is 3.51. The first-order valence-electron chi connectivity index (χ1n) is 9.52. The molecular weight excluding hydrogens is 360 g/mol. The van der Waals surface area contributed by atoms with E-state index in [-0.39, 0.29) is 12.0 Å². The number of ether oxygens (including phenoxy) is 1. The maximum atomic E-state index is 12.3. The van der Waals surface area contributed by atoms with Gasteiger partial charge in [-0.2, -0.15) is 0 Å². The summed E-state index contributed by atoms with van der Waals surface area (Å²) < 4.78 is 6.07. The van der Waals surface area contributed by atoms with E-state index in [0.717, 1.165) is 59.9 Å². The smallest absolute Gasteiger partial charge is 0.251 e. The van der Waals surface area contributed by atoms with Crippen molar-refractivity contribution in [3.05, 3.63) is 64.2 Å². The van der Waals surface area contributed by atoms with Crippen LogP contribution in [-0.4, -0.2) is 43.1 Å². The molecule has 1 saturated heterocycles. The molecule has 0 radical (unpaired) electrons. The topological polar surface area (TPSA) is 41.6 Å². The number of nitrogens with one attached hydrogen (secondary N) is 1. The van der Waals surface area contributed by atoms with Crippen LogP contribution in [0.2, 0.25) is 5.02 Å². The SMILES string of the molecule is Cc1ccc(OC2CCN(CCNC(=O)c3ccccc3C)CC2)cc1Cl. The summed E-state index contributed by atoms with van der Waals surface area (Å²) in [5.74, 6) is 0.845. The molecule has 0 atom stereocenters. The Kier molecular flexibility index (Phi) is 6.75. The van der Waals surface area contributed by atoms with E-state index >= 15 is 0 Å². The first-order chi connectivity index (χ1) is 13.0. The molecule has 1 fully saturated rings. The number of halogens is 1. The molecule has 0 saturated carbocycles. The summed E-state index contributed by atoms with van der Waals surface area (Å²) in [5, 5.41) is 3.77. The second-order valence-corrected chi connectivity index (χ2v) is 7.55. The van der Waals surface area contributed by atoms with Crippen molar-refractivity contribution in [1.29, 1.82) is 0 Å². The molecule has 1 N–H and O–H groups in total. The van der Waals surface area contributed by atoms with Gasteiger partial charge in [0.25, 0.3) is 5.91 Å². The first-order valence-corrected chi connectivity index (χ1v) is 9.90. The van der Waals surface area contributed by atoms with Crippen molar-refractivity contribution in [3.63, 3.8) is 0 Å². The third-order valence-electron chi connectivity index (χ3n) is 5.08. The summed E-state index contributed by atoms with van der Waals surface area (Å²) in [5.41, 5.74) is 2.82. The molecule has 1 heterocycles. The van der Waals surface area contributed by atoms with Crippen LogP contribution in [-0.2, 0) is 0 Å². The number of hydrogen-bond acceptors (Lipinski definition) is 3. The first kappa shape index (κ1) is 19.7. The van der Waals surface area contributed by atoms with Gasteiger partial charge < -0.3 is 15.0 Å². The van der Waals surface area contributed by atoms with Crippen molar-refractivity contribution in [3.8, 4) is 5.75 Å². The Morgan fingerprint density at radius 1 is 1.15 bits per heavy atom. The molecular formula is C22H27ClN2O2. The largest absolute Gasteiger partial charge is 0.490 e. The van der Waals surface area contributed by atoms with Crippen LogP contribution in [0.5, 0.6) is 5.75 Å². The summed E-state index contributed by atoms with van der Waals surface area (Å²) in [7, 11) is 0. The monoisotopic (exact) mass is 386 g/mol. The fourth-order valence-electron chi connectivity index (χ4n) is 3.34. The van der Waals surface area contributed by atoms with Crippen LogP contribution in [0.25, 0.3) is 0 Å². The van der Waals surface area contributed by atoms with E-state index in [1.165, 1.54) is 0 Å². The molecule has 2 aromatic rings. The zero-order valence-electron chi connectivity index (χ0n) is 16.0. The van der Waals surface area contributed by atoms with E-state index in [0.29, 0.717) is 6.54 Å². The Bertz CT molecular complexity index is 786. The van der Waals surface area contributed by atoms with Crippen molar-refractivity contribution in [2.45, 2.75) is 32.8 Å². The van der Waals surface area contributed by atoms with Gasteiger partial charge in [-0.1, -0.05) is 35.9 Å². The van der Waals surface area contributed by atoms with Gasteiger partial charge in [0.1, 0.15) is 11.9 Å². The molecule has 5 heteroatoms. The predicted octanol–water partition coefficient (Wildman–Crippen LogP) is 4.23. The van der Waals surface area contributed by atoms with E-state index in [1.807, 2.05) is 56.3 Å². The van der Waals surface area contributed by atoms with Crippen LogP contribution >= 0.6 is 11.6 Å². The van der Waals surface area contributed by atoms with E-state index in [1.54, 1.807) is 0 Å². The second-order valence-electron chi connectivity index (χ2n) is 7.14. The number of carbonyl (C=O) groups excluding carboxylic acids is 1. The summed E-state index contributed by atoms with van der Waals surface area (Å²) >= 11 is 6.17. The number of likely N-dealkylation sites (tertiary alicyclic amines) is 1. The minimum absolute atomic E-state index is 0.00238. The zero-order chi connectivity index (χ0) is 19.2. The van der Waals surface area contributed by atoms with Crippen molar-refractivity contribution in [2.24, 2.45) is 0 Å². The molecule has 0 spiro atoms. The average Bonchev–Trinajstić information content (AvgIpc) is 2.66. The maximum Gasteiger partial charge on any atom is 0.251 e. The molecule has 0 bridgehead atoms. The number of benzene rings is 2. The summed E-state index contributed by atoms with van der Waals surface area (Å²) in [6.07, 6.45) is 2.19. The Balaban J connectivity index is 1.39. The van der Waals surface area contributed by atoms with Gasteiger partial charge in [0.05, 0.1) is 0 Å². The number of amides is 1. The van der Waals surface area contributed by atoms with Gasteiger partial charge >= 0.3 is 0 Å². The van der Waals surface area contributed by atoms with Crippen molar-refractivity contribution in [1.82, 2.24) is 10.2 Å². The number of rotatable bonds is 6. The highest BCUT2D eigenvalue weighted by atomic mass is 35.5. The minimum atomic E-state index is 0.00238. The fraction of sp³-hybridized carbons (Fsp3) is 0.409. The van der Waals surface area contributed by atoms with Gasteiger partial charge in [-0.05, 0) is 56.0 Å². The van der Waals surface area contributed by atoms with Crippen molar-refractivity contribution < 1.29 is 9.53 Å². The molecule has 144 valence electrons. The Labute approximate surface area is 166 Å². The quantitative estimate of drug-likeness (QED) is 0.807. The van der Waals surface area contributed by atoms with Crippen LogP contribution in [0, 0.1) is 13.8 Å². The molecule has 1 amide bonds. The van der Waals surface area contributed by atoms with Crippen LogP contribution in [0.3, 0.4) is 0 Å². The summed E-state index contributed by atoms with van der Waals surface area (Å²) in [4.78, 5) is 14.6. The lowest BCUT2D eigenvalue weighted by atomic mass is 10.1. The van der Waals surface area contributed by atoms with Crippen LogP contribution < -0.4 is 10.1 Å². The summed E-state index contributed by atoms with van der Waals surface area (Å²) in [6, 6.07) is 13.5. The van der Waals surface area contributed by atoms with Crippen LogP contribution in [0.15, 0.2) is 42.5 Å². The molecule has 3 rings (SSSR count). The van der Waals surface area contributed by atoms with Crippen molar-refractivity contribution in [2.75, 3.05) is 26.2 Å². The van der Waals surface area contributed by atoms with Gasteiger partial charge in [-0.15, -0.1) is 0 Å². The van der Waals surface area contributed by atoms with Gasteiger partial charge in [-0.3, -0.25) is 4.79 Å². The second kappa shape index (κ2) is 9.25. The number of nitrogens with zero attached hydrogens (tertiary/aromatic N) is 1. The highest BCUT2D eigenvalue weighted by Gasteiger charge is 2.20. The Morgan fingerprint density at radius 3 is 2.59 bits per heavy atom. The molecule has 0 unspecified atom stereocenters. The van der Waals surface area contributed by atoms with Gasteiger partial charge in [0.15, 0.2) is 0 Å². The number of hydrogen-bond donors (Lipinski definition) is 1. The normalized spacial score (nSPS) is 15.5. The zero-order valence-corrected chi connectivity index (χ0v) is 16.8. The molecule has 27 heavy (non-hydrogen) atoms. The van der Waals surface area contributed by atoms with Crippen LogP contribution in [0.4, 0.5) is 0 Å². The summed E-state index contributed by atoms with van der Waals surface area (Å²) in [6.45, 7) is 7.42. The molecule has 1 aliphatic rings.